The van der Waals surface area contributed by atoms with Crippen molar-refractivity contribution in [2.45, 2.75) is 32.6 Å². The fraction of sp³-hybridized carbons (Fsp3) is 0.316. The van der Waals surface area contributed by atoms with Gasteiger partial charge in [-0.05, 0) is 68.1 Å². The number of carbonyl (C=O) groups is 1. The first kappa shape index (κ1) is 19.9. The molecule has 0 aliphatic carbocycles. The minimum absolute atomic E-state index is 0.0150. The maximum atomic E-state index is 12.5. The van der Waals surface area contributed by atoms with Crippen LogP contribution in [0.2, 0.25) is 0 Å². The number of anilines is 2. The molecule has 0 aliphatic rings. The van der Waals surface area contributed by atoms with Gasteiger partial charge in [0.05, 0.1) is 11.4 Å². The van der Waals surface area contributed by atoms with E-state index in [1.54, 1.807) is 6.92 Å². The molecule has 0 aliphatic heterocycles. The van der Waals surface area contributed by atoms with Crippen LogP contribution >= 0.6 is 0 Å². The molecule has 0 heterocycles. The van der Waals surface area contributed by atoms with Crippen LogP contribution in [-0.2, 0) is 14.8 Å². The van der Waals surface area contributed by atoms with Crippen molar-refractivity contribution in [2.24, 2.45) is 5.14 Å². The number of rotatable bonds is 5. The van der Waals surface area contributed by atoms with Crippen LogP contribution in [0.3, 0.4) is 0 Å². The zero-order chi connectivity index (χ0) is 19.6. The van der Waals surface area contributed by atoms with Gasteiger partial charge in [0.25, 0.3) is 0 Å². The third kappa shape index (κ3) is 4.62. The maximum Gasteiger partial charge on any atom is 0.243 e. The summed E-state index contributed by atoms with van der Waals surface area (Å²) in [5, 5.41) is 8.01. The quantitative estimate of drug-likeness (QED) is 0.840. The van der Waals surface area contributed by atoms with E-state index in [-0.39, 0.29) is 17.3 Å². The number of benzene rings is 2. The van der Waals surface area contributed by atoms with Gasteiger partial charge in [-0.3, -0.25) is 4.79 Å². The van der Waals surface area contributed by atoms with Gasteiger partial charge in [0.1, 0.15) is 0 Å². The predicted octanol–water partition coefficient (Wildman–Crippen LogP) is 2.64. The van der Waals surface area contributed by atoms with Crippen LogP contribution in [0.15, 0.2) is 35.2 Å². The van der Waals surface area contributed by atoms with Gasteiger partial charge in [0, 0.05) is 18.4 Å². The van der Waals surface area contributed by atoms with Gasteiger partial charge >= 0.3 is 0 Å². The first-order valence-electron chi connectivity index (χ1n) is 8.21. The lowest BCUT2D eigenvalue weighted by molar-refractivity contribution is -0.114. The van der Waals surface area contributed by atoms with E-state index in [1.165, 1.54) is 12.1 Å². The highest BCUT2D eigenvalue weighted by Crippen LogP contribution is 2.24. The molecule has 26 heavy (non-hydrogen) atoms. The number of aryl methyl sites for hydroxylation is 3. The van der Waals surface area contributed by atoms with E-state index in [0.29, 0.717) is 5.69 Å². The zero-order valence-electron chi connectivity index (χ0n) is 15.8. The predicted molar refractivity (Wildman–Crippen MR) is 105 cm³/mol. The summed E-state index contributed by atoms with van der Waals surface area (Å²) >= 11 is 0. The van der Waals surface area contributed by atoms with Crippen molar-refractivity contribution in [3.05, 3.63) is 52.6 Å². The highest BCUT2D eigenvalue weighted by molar-refractivity contribution is 7.89. The third-order valence-electron chi connectivity index (χ3n) is 4.40. The summed E-state index contributed by atoms with van der Waals surface area (Å²) in [5.41, 5.74) is 5.17. The zero-order valence-corrected chi connectivity index (χ0v) is 16.6. The Kier molecular flexibility index (Phi) is 5.73. The summed E-state index contributed by atoms with van der Waals surface area (Å²) < 4.78 is 23.2. The molecule has 7 heteroatoms. The fourth-order valence-corrected chi connectivity index (χ4v) is 3.36. The molecule has 0 saturated heterocycles. The molecule has 2 rings (SSSR count). The maximum absolute atomic E-state index is 12.5. The smallest absolute Gasteiger partial charge is 0.243 e. The van der Waals surface area contributed by atoms with E-state index in [0.717, 1.165) is 27.9 Å². The summed E-state index contributed by atoms with van der Waals surface area (Å²) in [5.74, 6) is -0.234. The minimum Gasteiger partial charge on any atom is -0.365 e. The summed E-state index contributed by atoms with van der Waals surface area (Å²) in [4.78, 5) is 14.3. The molecule has 140 valence electrons. The second-order valence-electron chi connectivity index (χ2n) is 6.65. The molecule has 2 aromatic rings. The van der Waals surface area contributed by atoms with Crippen LogP contribution in [0.25, 0.3) is 0 Å². The van der Waals surface area contributed by atoms with Crippen LogP contribution < -0.4 is 15.4 Å². The van der Waals surface area contributed by atoms with Crippen molar-refractivity contribution in [3.8, 4) is 0 Å². The van der Waals surface area contributed by atoms with E-state index in [1.807, 2.05) is 50.9 Å². The first-order valence-corrected chi connectivity index (χ1v) is 9.76. The van der Waals surface area contributed by atoms with E-state index in [2.05, 4.69) is 5.32 Å². The molecule has 0 bridgehead atoms. The standard InChI is InChI=1S/C19H25N3O3S/c1-12-6-7-13(2)18(8-12)22(5)11-19(23)21-17-10-16(26(20,24)25)9-14(3)15(17)4/h6-10H,11H2,1-5H3,(H,21,23)(H2,20,24,25). The molecule has 2 aromatic carbocycles. The number of likely N-dealkylation sites (N-methyl/N-ethyl adjacent to an activating group) is 1. The number of sulfonamides is 1. The van der Waals surface area contributed by atoms with E-state index in [9.17, 15) is 13.2 Å². The van der Waals surface area contributed by atoms with Gasteiger partial charge in [-0.25, -0.2) is 13.6 Å². The Morgan fingerprint density at radius 2 is 1.73 bits per heavy atom. The Hall–Kier alpha value is -2.38. The third-order valence-corrected chi connectivity index (χ3v) is 5.29. The summed E-state index contributed by atoms with van der Waals surface area (Å²) in [6.07, 6.45) is 0. The molecule has 3 N–H and O–H groups in total. The Bertz CT molecular complexity index is 953. The average molecular weight is 375 g/mol. The van der Waals surface area contributed by atoms with Gasteiger partial charge in [-0.15, -0.1) is 0 Å². The number of nitrogens with zero attached hydrogens (tertiary/aromatic N) is 1. The van der Waals surface area contributed by atoms with Gasteiger partial charge in [0.15, 0.2) is 0 Å². The van der Waals surface area contributed by atoms with Crippen molar-refractivity contribution in [3.63, 3.8) is 0 Å². The van der Waals surface area contributed by atoms with Gasteiger partial charge < -0.3 is 10.2 Å². The van der Waals surface area contributed by atoms with E-state index < -0.39 is 10.0 Å². The monoisotopic (exact) mass is 375 g/mol. The number of hydrogen-bond acceptors (Lipinski definition) is 4. The summed E-state index contributed by atoms with van der Waals surface area (Å²) in [6, 6.07) is 8.97. The van der Waals surface area contributed by atoms with Crippen LogP contribution in [0.1, 0.15) is 22.3 Å². The lowest BCUT2D eigenvalue weighted by atomic mass is 10.1. The Morgan fingerprint density at radius 3 is 2.35 bits per heavy atom. The van der Waals surface area contributed by atoms with Crippen molar-refractivity contribution in [1.29, 1.82) is 0 Å². The van der Waals surface area contributed by atoms with Gasteiger partial charge in [-0.2, -0.15) is 0 Å². The van der Waals surface area contributed by atoms with Crippen LogP contribution in [0, 0.1) is 27.7 Å². The first-order chi connectivity index (χ1) is 12.0. The van der Waals surface area contributed by atoms with Gasteiger partial charge in [0.2, 0.25) is 15.9 Å². The number of nitrogens with one attached hydrogen (secondary N) is 1. The van der Waals surface area contributed by atoms with E-state index in [4.69, 9.17) is 5.14 Å². The second-order valence-corrected chi connectivity index (χ2v) is 8.21. The molecule has 0 aromatic heterocycles. The number of amides is 1. The van der Waals surface area contributed by atoms with Crippen molar-refractivity contribution in [1.82, 2.24) is 0 Å². The molecular weight excluding hydrogens is 350 g/mol. The molecule has 0 radical (unpaired) electrons. The number of nitrogens with two attached hydrogens (primary N) is 1. The van der Waals surface area contributed by atoms with Crippen molar-refractivity contribution in [2.75, 3.05) is 23.8 Å². The lowest BCUT2D eigenvalue weighted by Gasteiger charge is -2.22. The molecule has 0 saturated carbocycles. The van der Waals surface area contributed by atoms with E-state index >= 15 is 0 Å². The average Bonchev–Trinajstić information content (AvgIpc) is 2.52. The van der Waals surface area contributed by atoms with Crippen molar-refractivity contribution >= 4 is 27.3 Å². The largest absolute Gasteiger partial charge is 0.365 e. The molecule has 1 amide bonds. The molecule has 0 atom stereocenters. The molecule has 0 spiro atoms. The fourth-order valence-electron chi connectivity index (χ4n) is 2.74. The van der Waals surface area contributed by atoms with Crippen LogP contribution in [-0.4, -0.2) is 27.9 Å². The normalized spacial score (nSPS) is 11.3. The molecule has 0 fully saturated rings. The molecule has 0 unspecified atom stereocenters. The second kappa shape index (κ2) is 7.47. The summed E-state index contributed by atoms with van der Waals surface area (Å²) in [6.45, 7) is 7.74. The number of primary sulfonamides is 1. The van der Waals surface area contributed by atoms with Crippen LogP contribution in [0.4, 0.5) is 11.4 Å². The SMILES string of the molecule is Cc1ccc(C)c(N(C)CC(=O)Nc2cc(S(N)(=O)=O)cc(C)c2C)c1. The lowest BCUT2D eigenvalue weighted by Crippen LogP contribution is -2.31. The van der Waals surface area contributed by atoms with Crippen LogP contribution in [0.5, 0.6) is 0 Å². The number of carbonyl (C=O) groups excluding carboxylic acids is 1. The highest BCUT2D eigenvalue weighted by Gasteiger charge is 2.15. The topological polar surface area (TPSA) is 92.5 Å². The Labute approximate surface area is 155 Å². The molecular formula is C19H25N3O3S. The summed E-state index contributed by atoms with van der Waals surface area (Å²) in [7, 11) is -1.99. The van der Waals surface area contributed by atoms with Crippen molar-refractivity contribution < 1.29 is 13.2 Å². The highest BCUT2D eigenvalue weighted by atomic mass is 32.2. The Morgan fingerprint density at radius 1 is 1.08 bits per heavy atom. The molecule has 6 nitrogen and oxygen atoms in total. The Balaban J connectivity index is 2.22. The minimum atomic E-state index is -3.84. The van der Waals surface area contributed by atoms with Gasteiger partial charge in [-0.1, -0.05) is 12.1 Å². The number of hydrogen-bond donors (Lipinski definition) is 2.